The van der Waals surface area contributed by atoms with Crippen LogP contribution in [-0.2, 0) is 26.3 Å². The Morgan fingerprint density at radius 3 is 2.47 bits per heavy atom. The number of benzene rings is 1. The lowest BCUT2D eigenvalue weighted by Gasteiger charge is -2.34. The predicted molar refractivity (Wildman–Crippen MR) is 113 cm³/mol. The normalized spacial score (nSPS) is 16.7. The molecule has 0 spiro atoms. The van der Waals surface area contributed by atoms with E-state index in [9.17, 15) is 18.0 Å². The molecule has 1 amide bonds. The minimum Gasteiger partial charge on any atom is -0.497 e. The number of thiophene rings is 1. The van der Waals surface area contributed by atoms with Gasteiger partial charge in [0.05, 0.1) is 26.5 Å². The summed E-state index contributed by atoms with van der Waals surface area (Å²) in [6, 6.07) is 8.75. The van der Waals surface area contributed by atoms with Gasteiger partial charge in [0.15, 0.2) is 0 Å². The zero-order valence-electron chi connectivity index (χ0n) is 16.7. The molecule has 0 atom stereocenters. The molecule has 3 rings (SSSR count). The van der Waals surface area contributed by atoms with Gasteiger partial charge in [-0.3, -0.25) is 4.79 Å². The zero-order valence-corrected chi connectivity index (χ0v) is 18.3. The second-order valence-electron chi connectivity index (χ2n) is 6.58. The minimum atomic E-state index is -3.80. The Kier molecular flexibility index (Phi) is 7.08. The van der Waals surface area contributed by atoms with Gasteiger partial charge in [0.1, 0.15) is 10.6 Å². The maximum absolute atomic E-state index is 13.0. The van der Waals surface area contributed by atoms with Gasteiger partial charge in [0, 0.05) is 19.6 Å². The molecule has 0 radical (unpaired) electrons. The van der Waals surface area contributed by atoms with Gasteiger partial charge < -0.3 is 14.8 Å². The molecule has 0 saturated carbocycles. The summed E-state index contributed by atoms with van der Waals surface area (Å²) in [5.74, 6) is -0.386. The van der Waals surface area contributed by atoms with Crippen molar-refractivity contribution in [3.63, 3.8) is 0 Å². The van der Waals surface area contributed by atoms with Crippen molar-refractivity contribution in [2.75, 3.05) is 39.2 Å². The fourth-order valence-corrected chi connectivity index (χ4v) is 5.49. The molecule has 1 aromatic carbocycles. The molecule has 1 aromatic heterocycles. The number of carbonyl (C=O) groups is 2. The quantitative estimate of drug-likeness (QED) is 0.643. The Balaban J connectivity index is 1.66. The van der Waals surface area contributed by atoms with E-state index < -0.39 is 22.1 Å². The van der Waals surface area contributed by atoms with E-state index in [2.05, 4.69) is 10.1 Å². The smallest absolute Gasteiger partial charge is 0.350 e. The first-order chi connectivity index (χ1) is 14.3. The van der Waals surface area contributed by atoms with Crippen molar-refractivity contribution < 1.29 is 27.5 Å². The standard InChI is InChI=1S/C19H23N3O6S2/c1-27-15-6-4-14(5-7-15)12-21-9-3-10-22(30(21,25)26)13-17(23)20-16-8-11-29-18(16)19(24)28-2/h4-8,11H,3,9-10,12-13H2,1-2H3,(H,20,23). The van der Waals surface area contributed by atoms with Crippen molar-refractivity contribution in [1.29, 1.82) is 0 Å². The number of carbonyl (C=O) groups excluding carboxylic acids is 2. The molecule has 30 heavy (non-hydrogen) atoms. The number of ether oxygens (including phenoxy) is 2. The number of nitrogens with one attached hydrogen (secondary N) is 1. The Morgan fingerprint density at radius 2 is 1.80 bits per heavy atom. The first-order valence-corrected chi connectivity index (χ1v) is 11.5. The highest BCUT2D eigenvalue weighted by Crippen LogP contribution is 2.24. The van der Waals surface area contributed by atoms with Crippen molar-refractivity contribution >= 4 is 39.1 Å². The van der Waals surface area contributed by atoms with E-state index in [1.54, 1.807) is 30.7 Å². The highest BCUT2D eigenvalue weighted by Gasteiger charge is 2.34. The van der Waals surface area contributed by atoms with E-state index >= 15 is 0 Å². The topological polar surface area (TPSA) is 105 Å². The van der Waals surface area contributed by atoms with Crippen LogP contribution in [-0.4, -0.2) is 62.8 Å². The molecular formula is C19H23N3O6S2. The van der Waals surface area contributed by atoms with E-state index in [1.165, 1.54) is 11.4 Å². The Bertz CT molecular complexity index is 1000. The van der Waals surface area contributed by atoms with Crippen LogP contribution >= 0.6 is 11.3 Å². The van der Waals surface area contributed by atoms with Crippen molar-refractivity contribution in [2.24, 2.45) is 0 Å². The second-order valence-corrected chi connectivity index (χ2v) is 9.42. The number of nitrogens with zero attached hydrogens (tertiary/aromatic N) is 2. The molecular weight excluding hydrogens is 430 g/mol. The molecule has 1 N–H and O–H groups in total. The van der Waals surface area contributed by atoms with Crippen molar-refractivity contribution in [2.45, 2.75) is 13.0 Å². The molecule has 2 heterocycles. The average molecular weight is 454 g/mol. The summed E-state index contributed by atoms with van der Waals surface area (Å²) in [5, 5.41) is 4.25. The van der Waals surface area contributed by atoms with E-state index in [0.29, 0.717) is 24.4 Å². The van der Waals surface area contributed by atoms with Crippen LogP contribution in [0.1, 0.15) is 21.7 Å². The number of esters is 1. The molecule has 0 aliphatic carbocycles. The van der Waals surface area contributed by atoms with Crippen LogP contribution in [0.4, 0.5) is 5.69 Å². The van der Waals surface area contributed by atoms with Gasteiger partial charge in [-0.2, -0.15) is 17.0 Å². The van der Waals surface area contributed by atoms with Crippen LogP contribution in [0.5, 0.6) is 5.75 Å². The number of methoxy groups -OCH3 is 2. The van der Waals surface area contributed by atoms with Gasteiger partial charge in [-0.15, -0.1) is 11.3 Å². The maximum atomic E-state index is 13.0. The lowest BCUT2D eigenvalue weighted by atomic mass is 10.2. The van der Waals surface area contributed by atoms with Crippen LogP contribution in [0, 0.1) is 0 Å². The van der Waals surface area contributed by atoms with Gasteiger partial charge in [-0.25, -0.2) is 4.79 Å². The highest BCUT2D eigenvalue weighted by atomic mass is 32.2. The first kappa shape index (κ1) is 22.2. The summed E-state index contributed by atoms with van der Waals surface area (Å²) in [5.41, 5.74) is 1.13. The van der Waals surface area contributed by atoms with Gasteiger partial charge in [-0.1, -0.05) is 12.1 Å². The number of amides is 1. The molecule has 162 valence electrons. The summed E-state index contributed by atoms with van der Waals surface area (Å²) in [7, 11) is -0.976. The average Bonchev–Trinajstić information content (AvgIpc) is 3.19. The Labute approximate surface area is 179 Å². The van der Waals surface area contributed by atoms with Crippen LogP contribution in [0.25, 0.3) is 0 Å². The molecule has 1 aliphatic heterocycles. The lowest BCUT2D eigenvalue weighted by Crippen LogP contribution is -2.51. The zero-order chi connectivity index (χ0) is 21.7. The summed E-state index contributed by atoms with van der Waals surface area (Å²) in [6.45, 7) is 0.505. The Morgan fingerprint density at radius 1 is 1.10 bits per heavy atom. The van der Waals surface area contributed by atoms with E-state index in [-0.39, 0.29) is 24.5 Å². The lowest BCUT2D eigenvalue weighted by molar-refractivity contribution is -0.116. The van der Waals surface area contributed by atoms with E-state index in [4.69, 9.17) is 4.74 Å². The molecule has 11 heteroatoms. The van der Waals surface area contributed by atoms with Gasteiger partial charge in [0.25, 0.3) is 10.2 Å². The third kappa shape index (κ3) is 4.98. The minimum absolute atomic E-state index is 0.210. The fraction of sp³-hybridized carbons (Fsp3) is 0.368. The molecule has 0 bridgehead atoms. The number of hydrogen-bond donors (Lipinski definition) is 1. The van der Waals surface area contributed by atoms with Crippen molar-refractivity contribution in [1.82, 2.24) is 8.61 Å². The molecule has 1 fully saturated rings. The van der Waals surface area contributed by atoms with Crippen LogP contribution < -0.4 is 10.1 Å². The predicted octanol–water partition coefficient (Wildman–Crippen LogP) is 1.93. The summed E-state index contributed by atoms with van der Waals surface area (Å²) < 4.78 is 38.3. The SMILES string of the molecule is COC(=O)c1sccc1NC(=O)CN1CCCN(Cc2ccc(OC)cc2)S1(=O)=O. The second kappa shape index (κ2) is 9.56. The summed E-state index contributed by atoms with van der Waals surface area (Å²) >= 11 is 1.14. The van der Waals surface area contributed by atoms with Gasteiger partial charge in [0.2, 0.25) is 5.91 Å². The van der Waals surface area contributed by atoms with Crippen LogP contribution in [0.15, 0.2) is 35.7 Å². The van der Waals surface area contributed by atoms with Crippen LogP contribution in [0.3, 0.4) is 0 Å². The highest BCUT2D eigenvalue weighted by molar-refractivity contribution is 7.86. The third-order valence-electron chi connectivity index (χ3n) is 4.62. The molecule has 2 aromatic rings. The van der Waals surface area contributed by atoms with E-state index in [0.717, 1.165) is 21.2 Å². The van der Waals surface area contributed by atoms with Crippen molar-refractivity contribution in [3.05, 3.63) is 46.2 Å². The monoisotopic (exact) mass is 453 g/mol. The van der Waals surface area contributed by atoms with Gasteiger partial charge >= 0.3 is 5.97 Å². The van der Waals surface area contributed by atoms with Crippen LogP contribution in [0.2, 0.25) is 0 Å². The molecule has 1 aliphatic rings. The largest absolute Gasteiger partial charge is 0.497 e. The maximum Gasteiger partial charge on any atom is 0.350 e. The molecule has 9 nitrogen and oxygen atoms in total. The number of hydrogen-bond acceptors (Lipinski definition) is 7. The number of anilines is 1. The Hall–Kier alpha value is -2.47. The third-order valence-corrected chi connectivity index (χ3v) is 7.44. The summed E-state index contributed by atoms with van der Waals surface area (Å²) in [4.78, 5) is 24.5. The van der Waals surface area contributed by atoms with E-state index in [1.807, 2.05) is 12.1 Å². The molecule has 0 unspecified atom stereocenters. The van der Waals surface area contributed by atoms with Gasteiger partial charge in [-0.05, 0) is 35.6 Å². The van der Waals surface area contributed by atoms with Crippen molar-refractivity contribution in [3.8, 4) is 5.75 Å². The summed E-state index contributed by atoms with van der Waals surface area (Å²) in [6.07, 6.45) is 0.606. The fourth-order valence-electron chi connectivity index (χ4n) is 3.08. The number of rotatable bonds is 7. The molecule has 1 saturated heterocycles. The first-order valence-electron chi connectivity index (χ1n) is 9.19.